The number of methoxy groups -OCH3 is 3. The standard InChI is InChI=1S/C11H13O3/c1-5-8-6-7-9(12-2)11(14-4)10(8)13-3/h1,5-7H,2-4H3. The number of ether oxygens (including phenoxy) is 3. The molecule has 0 aliphatic rings. The third-order valence-electron chi connectivity index (χ3n) is 1.91. The van der Waals surface area contributed by atoms with Crippen LogP contribution in [0, 0.1) is 6.58 Å². The molecule has 0 atom stereocenters. The number of rotatable bonds is 4. The summed E-state index contributed by atoms with van der Waals surface area (Å²) < 4.78 is 15.5. The molecule has 1 radical (unpaired) electrons. The van der Waals surface area contributed by atoms with E-state index in [1.54, 1.807) is 33.5 Å². The normalized spacial score (nSPS) is 9.36. The topological polar surface area (TPSA) is 27.7 Å². The van der Waals surface area contributed by atoms with Crippen LogP contribution in [-0.2, 0) is 0 Å². The van der Waals surface area contributed by atoms with E-state index in [9.17, 15) is 0 Å². The van der Waals surface area contributed by atoms with Crippen molar-refractivity contribution in [3.05, 3.63) is 24.3 Å². The van der Waals surface area contributed by atoms with Crippen molar-refractivity contribution < 1.29 is 14.2 Å². The summed E-state index contributed by atoms with van der Waals surface area (Å²) in [5.41, 5.74) is 0.769. The first-order valence-corrected chi connectivity index (χ1v) is 4.12. The lowest BCUT2D eigenvalue weighted by Gasteiger charge is -2.13. The summed E-state index contributed by atoms with van der Waals surface area (Å²) in [5, 5.41) is 0. The zero-order valence-corrected chi connectivity index (χ0v) is 8.53. The molecule has 0 aliphatic heterocycles. The Hall–Kier alpha value is -1.64. The molecule has 3 heteroatoms. The maximum Gasteiger partial charge on any atom is 0.203 e. The highest BCUT2D eigenvalue weighted by Gasteiger charge is 2.13. The minimum absolute atomic E-state index is 0.550. The summed E-state index contributed by atoms with van der Waals surface area (Å²) in [4.78, 5) is 0. The van der Waals surface area contributed by atoms with Crippen LogP contribution in [0.2, 0.25) is 0 Å². The third-order valence-corrected chi connectivity index (χ3v) is 1.91. The highest BCUT2D eigenvalue weighted by Crippen LogP contribution is 2.39. The van der Waals surface area contributed by atoms with Crippen LogP contribution in [0.1, 0.15) is 5.56 Å². The van der Waals surface area contributed by atoms with Gasteiger partial charge in [0.15, 0.2) is 11.5 Å². The molecule has 14 heavy (non-hydrogen) atoms. The molecule has 0 bridgehead atoms. The highest BCUT2D eigenvalue weighted by atomic mass is 16.5. The Bertz CT molecular complexity index is 332. The SMILES string of the molecule is [CH]=Cc1ccc(OC)c(OC)c1OC. The number of hydrogen-bond donors (Lipinski definition) is 0. The summed E-state index contributed by atoms with van der Waals surface area (Å²) in [6.45, 7) is 5.44. The second-order valence-electron chi connectivity index (χ2n) is 2.59. The molecule has 0 unspecified atom stereocenters. The first-order chi connectivity index (χ1) is 6.78. The van der Waals surface area contributed by atoms with Crippen molar-refractivity contribution in [1.82, 2.24) is 0 Å². The lowest BCUT2D eigenvalue weighted by atomic mass is 10.1. The van der Waals surface area contributed by atoms with Gasteiger partial charge in [-0.15, -0.1) is 0 Å². The van der Waals surface area contributed by atoms with Gasteiger partial charge < -0.3 is 14.2 Å². The largest absolute Gasteiger partial charge is 0.493 e. The van der Waals surface area contributed by atoms with Crippen molar-refractivity contribution in [1.29, 1.82) is 0 Å². The van der Waals surface area contributed by atoms with E-state index in [0.717, 1.165) is 5.56 Å². The highest BCUT2D eigenvalue weighted by molar-refractivity contribution is 5.65. The number of benzene rings is 1. The average molecular weight is 193 g/mol. The summed E-state index contributed by atoms with van der Waals surface area (Å²) in [7, 11) is 4.69. The van der Waals surface area contributed by atoms with Crippen molar-refractivity contribution in [3.8, 4) is 17.2 Å². The van der Waals surface area contributed by atoms with E-state index < -0.39 is 0 Å². The maximum absolute atomic E-state index is 5.44. The van der Waals surface area contributed by atoms with Crippen LogP contribution in [0.25, 0.3) is 6.08 Å². The van der Waals surface area contributed by atoms with E-state index in [0.29, 0.717) is 17.2 Å². The maximum atomic E-state index is 5.44. The summed E-state index contributed by atoms with van der Waals surface area (Å²) in [6.07, 6.45) is 1.46. The van der Waals surface area contributed by atoms with Crippen molar-refractivity contribution in [2.75, 3.05) is 21.3 Å². The molecular weight excluding hydrogens is 180 g/mol. The van der Waals surface area contributed by atoms with Crippen LogP contribution in [0.5, 0.6) is 17.2 Å². The zero-order chi connectivity index (χ0) is 10.6. The fourth-order valence-electron chi connectivity index (χ4n) is 1.26. The summed E-state index contributed by atoms with van der Waals surface area (Å²) >= 11 is 0. The monoisotopic (exact) mass is 193 g/mol. The molecule has 0 amide bonds. The first kappa shape index (κ1) is 10.4. The van der Waals surface area contributed by atoms with E-state index in [1.807, 2.05) is 0 Å². The summed E-state index contributed by atoms with van der Waals surface area (Å²) in [6, 6.07) is 3.58. The molecule has 0 aromatic heterocycles. The predicted molar refractivity (Wildman–Crippen MR) is 54.9 cm³/mol. The van der Waals surface area contributed by atoms with Gasteiger partial charge in [0.1, 0.15) is 0 Å². The van der Waals surface area contributed by atoms with Crippen molar-refractivity contribution in [2.45, 2.75) is 0 Å². The molecule has 1 aromatic carbocycles. The third kappa shape index (κ3) is 1.66. The molecule has 1 aromatic rings. The smallest absolute Gasteiger partial charge is 0.203 e. The van der Waals surface area contributed by atoms with E-state index in [2.05, 4.69) is 0 Å². The Kier molecular flexibility index (Phi) is 3.40. The molecule has 0 fully saturated rings. The Balaban J connectivity index is 3.35. The predicted octanol–water partition coefficient (Wildman–Crippen LogP) is 2.16. The first-order valence-electron chi connectivity index (χ1n) is 4.12. The molecule has 0 saturated heterocycles. The molecule has 0 aliphatic carbocycles. The zero-order valence-electron chi connectivity index (χ0n) is 8.53. The van der Waals surface area contributed by atoms with Gasteiger partial charge in [0.2, 0.25) is 5.75 Å². The van der Waals surface area contributed by atoms with Crippen LogP contribution in [0.3, 0.4) is 0 Å². The van der Waals surface area contributed by atoms with E-state index >= 15 is 0 Å². The van der Waals surface area contributed by atoms with Crippen LogP contribution in [-0.4, -0.2) is 21.3 Å². The Labute approximate surface area is 83.9 Å². The molecule has 0 heterocycles. The lowest BCUT2D eigenvalue weighted by molar-refractivity contribution is 0.324. The van der Waals surface area contributed by atoms with Gasteiger partial charge in [-0.05, 0) is 12.1 Å². The van der Waals surface area contributed by atoms with E-state index in [1.165, 1.54) is 6.08 Å². The van der Waals surface area contributed by atoms with Crippen molar-refractivity contribution >= 4 is 6.08 Å². The number of hydrogen-bond acceptors (Lipinski definition) is 3. The van der Waals surface area contributed by atoms with Crippen LogP contribution in [0.4, 0.5) is 0 Å². The molecule has 0 spiro atoms. The minimum atomic E-state index is 0.550. The van der Waals surface area contributed by atoms with Crippen LogP contribution >= 0.6 is 0 Å². The van der Waals surface area contributed by atoms with Gasteiger partial charge in [0.25, 0.3) is 0 Å². The van der Waals surface area contributed by atoms with Gasteiger partial charge in [0.05, 0.1) is 21.3 Å². The van der Waals surface area contributed by atoms with Gasteiger partial charge in [-0.3, -0.25) is 0 Å². The second kappa shape index (κ2) is 4.56. The van der Waals surface area contributed by atoms with E-state index in [-0.39, 0.29) is 0 Å². The molecular formula is C11H13O3. The minimum Gasteiger partial charge on any atom is -0.493 e. The lowest BCUT2D eigenvalue weighted by Crippen LogP contribution is -1.96. The van der Waals surface area contributed by atoms with Crippen molar-refractivity contribution in [3.63, 3.8) is 0 Å². The Morgan fingerprint density at radius 3 is 2.07 bits per heavy atom. The Morgan fingerprint density at radius 1 is 1.00 bits per heavy atom. The van der Waals surface area contributed by atoms with Crippen molar-refractivity contribution in [2.24, 2.45) is 0 Å². The van der Waals surface area contributed by atoms with Crippen LogP contribution < -0.4 is 14.2 Å². The van der Waals surface area contributed by atoms with Gasteiger partial charge in [0, 0.05) is 5.56 Å². The van der Waals surface area contributed by atoms with Gasteiger partial charge >= 0.3 is 0 Å². The van der Waals surface area contributed by atoms with Crippen LogP contribution in [0.15, 0.2) is 12.1 Å². The molecule has 0 N–H and O–H groups in total. The summed E-state index contributed by atoms with van der Waals surface area (Å²) in [5.74, 6) is 1.75. The fraction of sp³-hybridized carbons (Fsp3) is 0.273. The Morgan fingerprint density at radius 2 is 1.64 bits per heavy atom. The second-order valence-corrected chi connectivity index (χ2v) is 2.59. The fourth-order valence-corrected chi connectivity index (χ4v) is 1.26. The average Bonchev–Trinajstić information content (AvgIpc) is 2.26. The van der Waals surface area contributed by atoms with Gasteiger partial charge in [-0.1, -0.05) is 12.7 Å². The molecule has 1 rings (SSSR count). The molecule has 0 saturated carbocycles. The van der Waals surface area contributed by atoms with E-state index in [4.69, 9.17) is 20.8 Å². The van der Waals surface area contributed by atoms with Gasteiger partial charge in [-0.2, -0.15) is 0 Å². The molecule has 75 valence electrons. The molecule has 3 nitrogen and oxygen atoms in total. The quantitative estimate of drug-likeness (QED) is 0.733. The van der Waals surface area contributed by atoms with Gasteiger partial charge in [-0.25, -0.2) is 0 Å².